The zero-order valence-electron chi connectivity index (χ0n) is 29.5. The average Bonchev–Trinajstić information content (AvgIpc) is 3.10. The number of rotatable bonds is 15. The van der Waals surface area contributed by atoms with Crippen molar-refractivity contribution in [2.24, 2.45) is 0 Å². The number of benzene rings is 2. The van der Waals surface area contributed by atoms with Crippen LogP contribution < -0.4 is 16.0 Å². The molecule has 3 rings (SSSR count). The second-order valence-electron chi connectivity index (χ2n) is 11.2. The third-order valence-electron chi connectivity index (χ3n) is 8.07. The summed E-state index contributed by atoms with van der Waals surface area (Å²) in [6.45, 7) is 32.6. The molecule has 1 saturated heterocycles. The van der Waals surface area contributed by atoms with Gasteiger partial charge in [0.2, 0.25) is 0 Å². The van der Waals surface area contributed by atoms with Gasteiger partial charge in [0, 0.05) is 77.4 Å². The highest BCUT2D eigenvalue weighted by atomic mass is 19.1. The molecule has 47 heavy (non-hydrogen) atoms. The SMILES string of the molecule is C=C/C=C(\C(C)=C(/C)NC(=C)C(=C)c1c(NC)ccc(C(/C=C(\C=C)NC(=C)Cc2ccccc2)=C/C)c1F)N1CCCCC1.CC. The summed E-state index contributed by atoms with van der Waals surface area (Å²) in [4.78, 5) is 2.40. The average molecular weight is 635 g/mol. The monoisotopic (exact) mass is 634 g/mol. The molecule has 0 bridgehead atoms. The van der Waals surface area contributed by atoms with Crippen LogP contribution in [0.3, 0.4) is 0 Å². The van der Waals surface area contributed by atoms with Gasteiger partial charge >= 0.3 is 0 Å². The van der Waals surface area contributed by atoms with Crippen molar-refractivity contribution in [1.82, 2.24) is 15.5 Å². The van der Waals surface area contributed by atoms with Gasteiger partial charge in [-0.15, -0.1) is 0 Å². The Bertz CT molecular complexity index is 1550. The number of piperidine rings is 1. The van der Waals surface area contributed by atoms with E-state index >= 15 is 4.39 Å². The second kappa shape index (κ2) is 19.7. The second-order valence-corrected chi connectivity index (χ2v) is 11.2. The maximum atomic E-state index is 16.5. The molecule has 250 valence electrons. The first-order valence-electron chi connectivity index (χ1n) is 16.6. The van der Waals surface area contributed by atoms with Crippen molar-refractivity contribution in [2.45, 2.75) is 60.3 Å². The lowest BCUT2D eigenvalue weighted by molar-refractivity contribution is 0.289. The van der Waals surface area contributed by atoms with E-state index in [1.807, 2.05) is 70.2 Å². The number of nitrogens with zero attached hydrogens (tertiary/aromatic N) is 1. The van der Waals surface area contributed by atoms with E-state index in [9.17, 15) is 0 Å². The first kappa shape index (κ1) is 38.4. The van der Waals surface area contributed by atoms with Crippen molar-refractivity contribution in [3.05, 3.63) is 162 Å². The van der Waals surface area contributed by atoms with Crippen LogP contribution in [0.2, 0.25) is 0 Å². The zero-order valence-corrected chi connectivity index (χ0v) is 29.5. The topological polar surface area (TPSA) is 39.3 Å². The van der Waals surface area contributed by atoms with Gasteiger partial charge in [0.05, 0.1) is 0 Å². The molecule has 0 aromatic heterocycles. The van der Waals surface area contributed by atoms with Crippen LogP contribution in [-0.4, -0.2) is 25.0 Å². The summed E-state index contributed by atoms with van der Waals surface area (Å²) in [5.74, 6) is -0.385. The maximum Gasteiger partial charge on any atom is 0.140 e. The highest BCUT2D eigenvalue weighted by Gasteiger charge is 2.21. The van der Waals surface area contributed by atoms with Crippen LogP contribution in [0, 0.1) is 5.82 Å². The summed E-state index contributed by atoms with van der Waals surface area (Å²) in [5, 5.41) is 9.87. The van der Waals surface area contributed by atoms with Crippen molar-refractivity contribution in [3.8, 4) is 0 Å². The summed E-state index contributed by atoms with van der Waals surface area (Å²) < 4.78 is 16.5. The quantitative estimate of drug-likeness (QED) is 0.171. The zero-order chi connectivity index (χ0) is 34.9. The Kier molecular flexibility index (Phi) is 16.1. The van der Waals surface area contributed by atoms with E-state index in [-0.39, 0.29) is 5.82 Å². The number of halogens is 1. The molecule has 1 fully saturated rings. The first-order chi connectivity index (χ1) is 22.6. The van der Waals surface area contributed by atoms with Gasteiger partial charge in [-0.2, -0.15) is 0 Å². The van der Waals surface area contributed by atoms with Gasteiger partial charge in [0.25, 0.3) is 0 Å². The number of nitrogens with one attached hydrogen (secondary N) is 3. The smallest absolute Gasteiger partial charge is 0.140 e. The molecule has 0 amide bonds. The van der Waals surface area contributed by atoms with Crippen LogP contribution in [0.4, 0.5) is 10.1 Å². The molecule has 0 spiro atoms. The third-order valence-corrected chi connectivity index (χ3v) is 8.07. The van der Waals surface area contributed by atoms with Crippen molar-refractivity contribution >= 4 is 16.8 Å². The molecule has 4 nitrogen and oxygen atoms in total. The van der Waals surface area contributed by atoms with Crippen LogP contribution >= 0.6 is 0 Å². The summed E-state index contributed by atoms with van der Waals surface area (Å²) >= 11 is 0. The Hall–Kier alpha value is -4.77. The van der Waals surface area contributed by atoms with Gasteiger partial charge in [0.1, 0.15) is 5.82 Å². The summed E-state index contributed by atoms with van der Waals surface area (Å²) in [7, 11) is 1.77. The number of likely N-dealkylation sites (tertiary alicyclic amines) is 1. The molecular weight excluding hydrogens is 579 g/mol. The van der Waals surface area contributed by atoms with E-state index in [4.69, 9.17) is 0 Å². The van der Waals surface area contributed by atoms with Gasteiger partial charge in [-0.25, -0.2) is 4.39 Å². The van der Waals surface area contributed by atoms with Gasteiger partial charge in [-0.1, -0.05) is 89.2 Å². The maximum absolute atomic E-state index is 16.5. The van der Waals surface area contributed by atoms with Crippen LogP contribution in [-0.2, 0) is 6.42 Å². The van der Waals surface area contributed by atoms with Gasteiger partial charge in [-0.05, 0) is 87.1 Å². The van der Waals surface area contributed by atoms with Crippen molar-refractivity contribution in [2.75, 3.05) is 25.5 Å². The molecule has 2 aromatic carbocycles. The molecule has 1 aliphatic rings. The van der Waals surface area contributed by atoms with Crippen molar-refractivity contribution in [1.29, 1.82) is 0 Å². The third kappa shape index (κ3) is 10.6. The Labute approximate surface area is 284 Å². The van der Waals surface area contributed by atoms with E-state index in [0.29, 0.717) is 40.1 Å². The lowest BCUT2D eigenvalue weighted by atomic mass is 9.94. The molecule has 2 aromatic rings. The Balaban J connectivity index is 0.00000376. The first-order valence-corrected chi connectivity index (χ1v) is 16.6. The summed E-state index contributed by atoms with van der Waals surface area (Å²) in [6.07, 6.45) is 13.6. The molecule has 0 atom stereocenters. The lowest BCUT2D eigenvalue weighted by Crippen LogP contribution is -2.30. The minimum absolute atomic E-state index is 0.366. The van der Waals surface area contributed by atoms with E-state index in [1.54, 1.807) is 19.2 Å². The molecule has 5 heteroatoms. The Morgan fingerprint density at radius 2 is 1.60 bits per heavy atom. The highest BCUT2D eigenvalue weighted by Crippen LogP contribution is 2.35. The normalized spacial score (nSPS) is 14.2. The number of allylic oxidation sites excluding steroid dienone is 10. The van der Waals surface area contributed by atoms with Crippen LogP contribution in [0.1, 0.15) is 70.6 Å². The predicted molar refractivity (Wildman–Crippen MR) is 205 cm³/mol. The molecule has 0 saturated carbocycles. The van der Waals surface area contributed by atoms with Crippen molar-refractivity contribution < 1.29 is 4.39 Å². The summed E-state index contributed by atoms with van der Waals surface area (Å²) in [5.41, 5.74) is 8.97. The Morgan fingerprint density at radius 3 is 2.17 bits per heavy atom. The van der Waals surface area contributed by atoms with Gasteiger partial charge in [0.15, 0.2) is 0 Å². The predicted octanol–water partition coefficient (Wildman–Crippen LogP) is 10.7. The number of hydrogen-bond donors (Lipinski definition) is 3. The minimum atomic E-state index is -0.385. The van der Waals surface area contributed by atoms with Crippen molar-refractivity contribution in [3.63, 3.8) is 0 Å². The lowest BCUT2D eigenvalue weighted by Gasteiger charge is -2.32. The number of anilines is 1. The fourth-order valence-electron chi connectivity index (χ4n) is 5.48. The van der Waals surface area contributed by atoms with E-state index in [1.165, 1.54) is 19.3 Å². The van der Waals surface area contributed by atoms with E-state index in [2.05, 4.69) is 78.9 Å². The molecule has 0 unspecified atom stereocenters. The fourth-order valence-corrected chi connectivity index (χ4v) is 5.48. The minimum Gasteiger partial charge on any atom is -0.388 e. The van der Waals surface area contributed by atoms with Gasteiger partial charge < -0.3 is 20.9 Å². The molecule has 0 radical (unpaired) electrons. The molecule has 1 heterocycles. The van der Waals surface area contributed by atoms with Crippen LogP contribution in [0.15, 0.2) is 140 Å². The Morgan fingerprint density at radius 1 is 0.936 bits per heavy atom. The van der Waals surface area contributed by atoms with Crippen LogP contribution in [0.25, 0.3) is 11.1 Å². The molecule has 3 N–H and O–H groups in total. The standard InChI is InChI=1S/C40H49FN4.C2H6/c1-10-19-38(45-24-17-14-18-25-45)29(5)31(7)44-32(8)30(6)39-37(42-9)23-22-36(40(39)41)34(11-2)27-35(12-3)43-28(4)26-33-20-15-13-16-21-33;1-2/h10-13,15-16,19-23,27,42-44H,1,3-4,6,8,14,17-18,24-26H2,2,5,7,9H3;1-2H3/b31-29+,34-11+,35-27+,38-19+;. The van der Waals surface area contributed by atoms with Crippen LogP contribution in [0.5, 0.6) is 0 Å². The molecule has 0 aliphatic carbocycles. The van der Waals surface area contributed by atoms with E-state index in [0.717, 1.165) is 47.0 Å². The van der Waals surface area contributed by atoms with E-state index < -0.39 is 0 Å². The summed E-state index contributed by atoms with van der Waals surface area (Å²) in [6, 6.07) is 13.8. The largest absolute Gasteiger partial charge is 0.388 e. The highest BCUT2D eigenvalue weighted by molar-refractivity contribution is 5.88. The molecular formula is C42H55FN4. The van der Waals surface area contributed by atoms with Gasteiger partial charge in [-0.3, -0.25) is 0 Å². The molecule has 1 aliphatic heterocycles. The number of hydrogen-bond acceptors (Lipinski definition) is 4. The fraction of sp³-hybridized carbons (Fsp3) is 0.286.